The summed E-state index contributed by atoms with van der Waals surface area (Å²) in [5.41, 5.74) is 0. The molecule has 0 aromatic rings. The Morgan fingerprint density at radius 1 is 1.36 bits per heavy atom. The molecule has 0 amide bonds. The molecule has 68 valence electrons. The number of rotatable bonds is 4. The molecule has 0 spiro atoms. The number of halogens is 3. The van der Waals surface area contributed by atoms with E-state index in [1.165, 1.54) is 6.92 Å². The average molecular weight is 190 g/mol. The van der Waals surface area contributed by atoms with Crippen LogP contribution in [-0.2, 0) is 10.2 Å². The van der Waals surface area contributed by atoms with E-state index in [2.05, 4.69) is 0 Å². The van der Waals surface area contributed by atoms with Crippen molar-refractivity contribution in [2.45, 2.75) is 19.8 Å². The van der Waals surface area contributed by atoms with Crippen molar-refractivity contribution in [3.05, 3.63) is 0 Å². The van der Waals surface area contributed by atoms with Crippen LogP contribution in [-0.4, -0.2) is 20.6 Å². The van der Waals surface area contributed by atoms with Crippen molar-refractivity contribution in [3.63, 3.8) is 0 Å². The van der Waals surface area contributed by atoms with Gasteiger partial charge in [0.25, 0.3) is 0 Å². The van der Waals surface area contributed by atoms with Crippen LogP contribution in [0.1, 0.15) is 13.3 Å². The monoisotopic (exact) mass is 190 g/mol. The normalized spacial score (nSPS) is 15.4. The van der Waals surface area contributed by atoms with Gasteiger partial charge in [-0.05, 0) is 5.92 Å². The highest BCUT2D eigenvalue weighted by Gasteiger charge is 2.17. The van der Waals surface area contributed by atoms with Crippen LogP contribution in [0.25, 0.3) is 0 Å². The van der Waals surface area contributed by atoms with Gasteiger partial charge in [-0.3, -0.25) is 0 Å². The molecule has 0 aliphatic rings. The van der Waals surface area contributed by atoms with Gasteiger partial charge < -0.3 is 0 Å². The van der Waals surface area contributed by atoms with Crippen LogP contribution in [0.2, 0.25) is 0 Å². The standard InChI is InChI=1S/C5H9F3O2S/c1-4(2-5(6)7)3-11(8,9)10/h4-5H,2-3H2,1H3. The lowest BCUT2D eigenvalue weighted by molar-refractivity contribution is 0.122. The van der Waals surface area contributed by atoms with E-state index in [9.17, 15) is 21.1 Å². The Hall–Kier alpha value is -0.260. The second kappa shape index (κ2) is 3.94. The molecule has 0 aliphatic heterocycles. The molecule has 0 fully saturated rings. The summed E-state index contributed by atoms with van der Waals surface area (Å²) in [7, 11) is -4.60. The first-order valence-electron chi connectivity index (χ1n) is 3.01. The van der Waals surface area contributed by atoms with E-state index in [1.54, 1.807) is 0 Å². The van der Waals surface area contributed by atoms with E-state index >= 15 is 0 Å². The molecule has 0 saturated heterocycles. The van der Waals surface area contributed by atoms with Crippen LogP contribution < -0.4 is 0 Å². The third kappa shape index (κ3) is 7.64. The molecule has 0 radical (unpaired) electrons. The number of hydrogen-bond donors (Lipinski definition) is 0. The minimum Gasteiger partial charge on any atom is -0.211 e. The first kappa shape index (κ1) is 10.7. The predicted molar refractivity (Wildman–Crippen MR) is 34.7 cm³/mol. The Morgan fingerprint density at radius 2 is 1.82 bits per heavy atom. The molecule has 0 aromatic carbocycles. The highest BCUT2D eigenvalue weighted by molar-refractivity contribution is 7.86. The highest BCUT2D eigenvalue weighted by Crippen LogP contribution is 2.12. The van der Waals surface area contributed by atoms with E-state index in [0.29, 0.717) is 0 Å². The van der Waals surface area contributed by atoms with Crippen molar-refractivity contribution in [2.75, 3.05) is 5.75 Å². The molecule has 0 rings (SSSR count). The summed E-state index contributed by atoms with van der Waals surface area (Å²) in [5, 5.41) is 0. The summed E-state index contributed by atoms with van der Waals surface area (Å²) in [6.07, 6.45) is -3.16. The average Bonchev–Trinajstić information content (AvgIpc) is 1.53. The molecule has 0 aromatic heterocycles. The summed E-state index contributed by atoms with van der Waals surface area (Å²) < 4.78 is 54.7. The fraction of sp³-hybridized carbons (Fsp3) is 1.00. The predicted octanol–water partition coefficient (Wildman–Crippen LogP) is 1.58. The Morgan fingerprint density at radius 3 is 2.09 bits per heavy atom. The van der Waals surface area contributed by atoms with Gasteiger partial charge in [-0.2, -0.15) is 8.42 Å². The zero-order valence-electron chi connectivity index (χ0n) is 5.93. The molecule has 6 heteroatoms. The van der Waals surface area contributed by atoms with Gasteiger partial charge in [0.2, 0.25) is 6.43 Å². The topological polar surface area (TPSA) is 34.1 Å². The summed E-state index contributed by atoms with van der Waals surface area (Å²) in [5.74, 6) is -1.65. The van der Waals surface area contributed by atoms with E-state index < -0.39 is 34.7 Å². The van der Waals surface area contributed by atoms with E-state index in [-0.39, 0.29) is 0 Å². The largest absolute Gasteiger partial charge is 0.302 e. The first-order chi connectivity index (χ1) is 4.81. The molecule has 0 heterocycles. The maximum atomic E-state index is 11.8. The van der Waals surface area contributed by atoms with E-state index in [1.807, 2.05) is 0 Å². The van der Waals surface area contributed by atoms with Crippen molar-refractivity contribution in [1.29, 1.82) is 0 Å². The van der Waals surface area contributed by atoms with Crippen LogP contribution in [0.4, 0.5) is 12.7 Å². The highest BCUT2D eigenvalue weighted by atomic mass is 32.3. The summed E-state index contributed by atoms with van der Waals surface area (Å²) >= 11 is 0. The first-order valence-corrected chi connectivity index (χ1v) is 4.57. The lowest BCUT2D eigenvalue weighted by atomic mass is 10.1. The fourth-order valence-electron chi connectivity index (χ4n) is 0.712. The van der Waals surface area contributed by atoms with Crippen LogP contribution in [0.5, 0.6) is 0 Å². The Labute approximate surface area is 63.6 Å². The molecule has 0 bridgehead atoms. The molecule has 1 atom stereocenters. The Kier molecular flexibility index (Phi) is 3.85. The van der Waals surface area contributed by atoms with Crippen LogP contribution in [0.15, 0.2) is 0 Å². The van der Waals surface area contributed by atoms with Gasteiger partial charge in [-0.1, -0.05) is 6.92 Å². The van der Waals surface area contributed by atoms with Gasteiger partial charge in [0.15, 0.2) is 0 Å². The van der Waals surface area contributed by atoms with Crippen molar-refractivity contribution in [1.82, 2.24) is 0 Å². The minimum absolute atomic E-state index is 0.580. The molecule has 0 aliphatic carbocycles. The second-order valence-electron chi connectivity index (χ2n) is 2.44. The van der Waals surface area contributed by atoms with Gasteiger partial charge in [0, 0.05) is 6.42 Å². The summed E-state index contributed by atoms with van der Waals surface area (Å²) in [6, 6.07) is 0. The molecule has 1 unspecified atom stereocenters. The van der Waals surface area contributed by atoms with Crippen molar-refractivity contribution >= 4 is 10.2 Å². The molecule has 0 N–H and O–H groups in total. The number of hydrogen-bond acceptors (Lipinski definition) is 2. The third-order valence-electron chi connectivity index (χ3n) is 1.06. The third-order valence-corrected chi connectivity index (χ3v) is 2.03. The van der Waals surface area contributed by atoms with Gasteiger partial charge in [-0.25, -0.2) is 8.78 Å². The van der Waals surface area contributed by atoms with E-state index in [4.69, 9.17) is 0 Å². The Bertz CT molecular complexity index is 200. The van der Waals surface area contributed by atoms with Gasteiger partial charge in [0.05, 0.1) is 5.75 Å². The van der Waals surface area contributed by atoms with Crippen LogP contribution in [0.3, 0.4) is 0 Å². The maximum Gasteiger partial charge on any atom is 0.302 e. The van der Waals surface area contributed by atoms with Gasteiger partial charge in [0.1, 0.15) is 0 Å². The minimum atomic E-state index is -4.60. The second-order valence-corrected chi connectivity index (χ2v) is 3.85. The zero-order valence-corrected chi connectivity index (χ0v) is 6.74. The van der Waals surface area contributed by atoms with Crippen LogP contribution in [0, 0.1) is 5.92 Å². The smallest absolute Gasteiger partial charge is 0.211 e. The molecule has 2 nitrogen and oxygen atoms in total. The van der Waals surface area contributed by atoms with Gasteiger partial charge in [-0.15, -0.1) is 3.89 Å². The van der Waals surface area contributed by atoms with Crippen molar-refractivity contribution < 1.29 is 21.1 Å². The zero-order chi connectivity index (χ0) is 9.07. The molecule has 0 saturated carbocycles. The summed E-state index contributed by atoms with van der Waals surface area (Å²) in [6.45, 7) is 1.27. The lowest BCUT2D eigenvalue weighted by Crippen LogP contribution is -2.12. The van der Waals surface area contributed by atoms with Crippen molar-refractivity contribution in [3.8, 4) is 0 Å². The van der Waals surface area contributed by atoms with Crippen molar-refractivity contribution in [2.24, 2.45) is 5.92 Å². The lowest BCUT2D eigenvalue weighted by Gasteiger charge is -2.05. The SMILES string of the molecule is CC(CC(F)F)CS(=O)(=O)F. The molecule has 11 heavy (non-hydrogen) atoms. The molecular formula is C5H9F3O2S. The quantitative estimate of drug-likeness (QED) is 0.630. The molecular weight excluding hydrogens is 181 g/mol. The summed E-state index contributed by atoms with van der Waals surface area (Å²) in [4.78, 5) is 0. The maximum absolute atomic E-state index is 11.8. The van der Waals surface area contributed by atoms with Crippen LogP contribution >= 0.6 is 0 Å². The number of alkyl halides is 2. The van der Waals surface area contributed by atoms with E-state index in [0.717, 1.165) is 0 Å². The van der Waals surface area contributed by atoms with Gasteiger partial charge >= 0.3 is 10.2 Å². The Balaban J connectivity index is 3.80. The fourth-order valence-corrected chi connectivity index (χ4v) is 1.53.